The topological polar surface area (TPSA) is 44.5 Å². The molecule has 0 saturated heterocycles. The highest BCUT2D eigenvalue weighted by atomic mass is 16.5. The van der Waals surface area contributed by atoms with Gasteiger partial charge in [-0.3, -0.25) is 0 Å². The molecule has 2 unspecified atom stereocenters. The van der Waals surface area contributed by atoms with E-state index >= 15 is 0 Å². The lowest BCUT2D eigenvalue weighted by molar-refractivity contribution is 0.0272. The standard InChI is InChI=1S/C16H27NO2/c1-11(2)13(5)18-10-16(17)14-6-8-15(9-7-14)19-12(3)4/h6-9,11-13,16H,10,17H2,1-5H3. The fourth-order valence-electron chi connectivity index (χ4n) is 1.61. The first-order valence-corrected chi connectivity index (χ1v) is 7.04. The summed E-state index contributed by atoms with van der Waals surface area (Å²) in [7, 11) is 0. The van der Waals surface area contributed by atoms with Crippen LogP contribution in [0.25, 0.3) is 0 Å². The van der Waals surface area contributed by atoms with E-state index in [-0.39, 0.29) is 18.2 Å². The van der Waals surface area contributed by atoms with E-state index in [1.165, 1.54) is 0 Å². The fraction of sp³-hybridized carbons (Fsp3) is 0.625. The van der Waals surface area contributed by atoms with Crippen molar-refractivity contribution in [3.05, 3.63) is 29.8 Å². The molecule has 2 atom stereocenters. The highest BCUT2D eigenvalue weighted by Crippen LogP contribution is 2.18. The Kier molecular flexibility index (Phi) is 6.32. The molecule has 0 amide bonds. The number of hydrogen-bond donors (Lipinski definition) is 1. The molecule has 0 fully saturated rings. The zero-order valence-corrected chi connectivity index (χ0v) is 12.7. The van der Waals surface area contributed by atoms with Gasteiger partial charge in [0.25, 0.3) is 0 Å². The summed E-state index contributed by atoms with van der Waals surface area (Å²) >= 11 is 0. The first kappa shape index (κ1) is 16.0. The molecule has 3 nitrogen and oxygen atoms in total. The van der Waals surface area contributed by atoms with Gasteiger partial charge in [-0.2, -0.15) is 0 Å². The van der Waals surface area contributed by atoms with Crippen molar-refractivity contribution < 1.29 is 9.47 Å². The minimum Gasteiger partial charge on any atom is -0.491 e. The molecule has 3 heteroatoms. The summed E-state index contributed by atoms with van der Waals surface area (Å²) in [5.41, 5.74) is 7.20. The quantitative estimate of drug-likeness (QED) is 0.820. The van der Waals surface area contributed by atoms with Crippen LogP contribution >= 0.6 is 0 Å². The van der Waals surface area contributed by atoms with Gasteiger partial charge in [-0.1, -0.05) is 26.0 Å². The van der Waals surface area contributed by atoms with Gasteiger partial charge in [0.05, 0.1) is 24.9 Å². The largest absolute Gasteiger partial charge is 0.491 e. The molecule has 2 N–H and O–H groups in total. The maximum atomic E-state index is 6.13. The lowest BCUT2D eigenvalue weighted by atomic mass is 10.1. The number of hydrogen-bond acceptors (Lipinski definition) is 3. The van der Waals surface area contributed by atoms with Crippen LogP contribution in [0.15, 0.2) is 24.3 Å². The maximum absolute atomic E-state index is 6.13. The van der Waals surface area contributed by atoms with Crippen molar-refractivity contribution in [3.8, 4) is 5.75 Å². The molecule has 1 aromatic carbocycles. The molecule has 0 aliphatic rings. The first-order valence-electron chi connectivity index (χ1n) is 7.04. The molecule has 0 aliphatic heterocycles. The molecule has 0 bridgehead atoms. The summed E-state index contributed by atoms with van der Waals surface area (Å²) in [6.07, 6.45) is 0.421. The van der Waals surface area contributed by atoms with E-state index in [4.69, 9.17) is 15.2 Å². The van der Waals surface area contributed by atoms with Crippen LogP contribution in [0.3, 0.4) is 0 Å². The summed E-state index contributed by atoms with van der Waals surface area (Å²) in [4.78, 5) is 0. The Morgan fingerprint density at radius 2 is 1.58 bits per heavy atom. The van der Waals surface area contributed by atoms with Crippen molar-refractivity contribution in [2.45, 2.75) is 52.9 Å². The molecule has 1 aromatic rings. The second kappa shape index (κ2) is 7.51. The SMILES string of the molecule is CC(C)Oc1ccc(C(N)COC(C)C(C)C)cc1. The van der Waals surface area contributed by atoms with Gasteiger partial charge >= 0.3 is 0 Å². The van der Waals surface area contributed by atoms with Crippen molar-refractivity contribution in [3.63, 3.8) is 0 Å². The number of rotatable bonds is 7. The summed E-state index contributed by atoms with van der Waals surface area (Å²) in [5.74, 6) is 1.39. The zero-order valence-electron chi connectivity index (χ0n) is 12.7. The fourth-order valence-corrected chi connectivity index (χ4v) is 1.61. The minimum absolute atomic E-state index is 0.0886. The molecule has 0 spiro atoms. The van der Waals surface area contributed by atoms with Crippen LogP contribution in [-0.4, -0.2) is 18.8 Å². The van der Waals surface area contributed by atoms with Crippen molar-refractivity contribution in [1.82, 2.24) is 0 Å². The van der Waals surface area contributed by atoms with Gasteiger partial charge in [0.2, 0.25) is 0 Å². The average molecular weight is 265 g/mol. The van der Waals surface area contributed by atoms with Gasteiger partial charge in [0, 0.05) is 0 Å². The van der Waals surface area contributed by atoms with Crippen LogP contribution in [0.4, 0.5) is 0 Å². The smallest absolute Gasteiger partial charge is 0.119 e. The molecule has 0 heterocycles. The Hall–Kier alpha value is -1.06. The first-order chi connectivity index (χ1) is 8.90. The monoisotopic (exact) mass is 265 g/mol. The van der Waals surface area contributed by atoms with Crippen molar-refractivity contribution in [2.24, 2.45) is 11.7 Å². The van der Waals surface area contributed by atoms with Gasteiger partial charge in [-0.05, 0) is 44.4 Å². The molecular weight excluding hydrogens is 238 g/mol. The van der Waals surface area contributed by atoms with Gasteiger partial charge < -0.3 is 15.2 Å². The maximum Gasteiger partial charge on any atom is 0.119 e. The van der Waals surface area contributed by atoms with Crippen LogP contribution in [0, 0.1) is 5.92 Å². The van der Waals surface area contributed by atoms with E-state index in [2.05, 4.69) is 20.8 Å². The summed E-state index contributed by atoms with van der Waals surface area (Å²) in [6, 6.07) is 7.84. The van der Waals surface area contributed by atoms with Gasteiger partial charge in [0.15, 0.2) is 0 Å². The Labute approximate surface area is 117 Å². The Bertz CT molecular complexity index is 360. The third-order valence-corrected chi connectivity index (χ3v) is 3.16. The van der Waals surface area contributed by atoms with Crippen LogP contribution < -0.4 is 10.5 Å². The minimum atomic E-state index is -0.0886. The third kappa shape index (κ3) is 5.62. The molecule has 1 rings (SSSR count). The van der Waals surface area contributed by atoms with Gasteiger partial charge in [-0.25, -0.2) is 0 Å². The summed E-state index contributed by atoms with van der Waals surface area (Å²) < 4.78 is 11.4. The van der Waals surface area contributed by atoms with Gasteiger partial charge in [0.1, 0.15) is 5.75 Å². The molecular formula is C16H27NO2. The van der Waals surface area contributed by atoms with Crippen molar-refractivity contribution in [2.75, 3.05) is 6.61 Å². The highest BCUT2D eigenvalue weighted by Gasteiger charge is 2.11. The van der Waals surface area contributed by atoms with E-state index in [0.29, 0.717) is 12.5 Å². The number of ether oxygens (including phenoxy) is 2. The van der Waals surface area contributed by atoms with E-state index in [9.17, 15) is 0 Å². The number of nitrogens with two attached hydrogens (primary N) is 1. The normalized spacial score (nSPS) is 14.7. The molecule has 0 aliphatic carbocycles. The molecule has 0 radical (unpaired) electrons. The molecule has 19 heavy (non-hydrogen) atoms. The molecule has 0 saturated carbocycles. The van der Waals surface area contributed by atoms with Crippen LogP contribution in [0.5, 0.6) is 5.75 Å². The van der Waals surface area contributed by atoms with Crippen molar-refractivity contribution in [1.29, 1.82) is 0 Å². The Morgan fingerprint density at radius 3 is 2.05 bits per heavy atom. The van der Waals surface area contributed by atoms with Crippen LogP contribution in [0.2, 0.25) is 0 Å². The van der Waals surface area contributed by atoms with Crippen LogP contribution in [0.1, 0.15) is 46.2 Å². The van der Waals surface area contributed by atoms with E-state index < -0.39 is 0 Å². The van der Waals surface area contributed by atoms with Crippen LogP contribution in [-0.2, 0) is 4.74 Å². The predicted octanol–water partition coefficient (Wildman–Crippen LogP) is 3.53. The average Bonchev–Trinajstić information content (AvgIpc) is 2.35. The Balaban J connectivity index is 2.50. The molecule has 0 aromatic heterocycles. The van der Waals surface area contributed by atoms with Crippen molar-refractivity contribution >= 4 is 0 Å². The second-order valence-electron chi connectivity index (χ2n) is 5.62. The van der Waals surface area contributed by atoms with E-state index in [0.717, 1.165) is 11.3 Å². The molecule has 108 valence electrons. The van der Waals surface area contributed by atoms with E-state index in [1.807, 2.05) is 38.1 Å². The lowest BCUT2D eigenvalue weighted by Crippen LogP contribution is -2.23. The third-order valence-electron chi connectivity index (χ3n) is 3.16. The van der Waals surface area contributed by atoms with E-state index in [1.54, 1.807) is 0 Å². The van der Waals surface area contributed by atoms with Gasteiger partial charge in [-0.15, -0.1) is 0 Å². The number of benzene rings is 1. The zero-order chi connectivity index (χ0) is 14.4. The summed E-state index contributed by atoms with van der Waals surface area (Å²) in [5, 5.41) is 0. The highest BCUT2D eigenvalue weighted by molar-refractivity contribution is 5.29. The Morgan fingerprint density at radius 1 is 1.00 bits per heavy atom. The predicted molar refractivity (Wildman–Crippen MR) is 79.4 cm³/mol. The second-order valence-corrected chi connectivity index (χ2v) is 5.62. The summed E-state index contributed by atoms with van der Waals surface area (Å²) in [6.45, 7) is 10.9. The lowest BCUT2D eigenvalue weighted by Gasteiger charge is -2.20.